The number of fused-ring (bicyclic) bond motifs is 1. The standard InChI is InChI=1S/C32H48FN3O4/c1-3-4-5-6-7-8-9-10-11-12-13-14-17-34-18-20-35(21-19-34)29-27(33)22-25-28(31(29)40-2)36(24-15-16-24)23-26(30(25)37)32(38)39/h22-24H,3-21H2,1-2H3,(H,38,39). The van der Waals surface area contributed by atoms with E-state index in [1.165, 1.54) is 96.4 Å². The average Bonchev–Trinajstić information content (AvgIpc) is 3.79. The van der Waals surface area contributed by atoms with Crippen molar-refractivity contribution < 1.29 is 19.0 Å². The molecule has 222 valence electrons. The van der Waals surface area contributed by atoms with Gasteiger partial charge in [-0.15, -0.1) is 0 Å². The highest BCUT2D eigenvalue weighted by molar-refractivity contribution is 5.97. The highest BCUT2D eigenvalue weighted by Crippen LogP contribution is 2.43. The molecule has 2 fully saturated rings. The average molecular weight is 558 g/mol. The van der Waals surface area contributed by atoms with E-state index < -0.39 is 17.2 Å². The number of hydrogen-bond acceptors (Lipinski definition) is 5. The van der Waals surface area contributed by atoms with Gasteiger partial charge in [-0.2, -0.15) is 0 Å². The van der Waals surface area contributed by atoms with Gasteiger partial charge in [0.15, 0.2) is 11.6 Å². The first kappa shape index (κ1) is 30.4. The van der Waals surface area contributed by atoms with Crippen LogP contribution in [0.5, 0.6) is 5.75 Å². The fourth-order valence-corrected chi connectivity index (χ4v) is 6.10. The molecular formula is C32H48FN3O4. The minimum absolute atomic E-state index is 0.0653. The lowest BCUT2D eigenvalue weighted by molar-refractivity contribution is 0.0694. The van der Waals surface area contributed by atoms with Crippen LogP contribution in [-0.2, 0) is 0 Å². The molecule has 0 bridgehead atoms. The molecule has 0 atom stereocenters. The zero-order chi connectivity index (χ0) is 28.5. The number of nitrogens with zero attached hydrogens (tertiary/aromatic N) is 3. The van der Waals surface area contributed by atoms with Crippen LogP contribution in [-0.4, -0.2) is 60.4 Å². The molecule has 1 saturated carbocycles. The quantitative estimate of drug-likeness (QED) is 0.211. The lowest BCUT2D eigenvalue weighted by Gasteiger charge is -2.37. The molecular weight excluding hydrogens is 509 g/mol. The number of rotatable bonds is 17. The summed E-state index contributed by atoms with van der Waals surface area (Å²) in [6, 6.07) is 1.31. The van der Waals surface area contributed by atoms with Gasteiger partial charge < -0.3 is 19.3 Å². The van der Waals surface area contributed by atoms with Gasteiger partial charge in [-0.3, -0.25) is 9.69 Å². The second-order valence-corrected chi connectivity index (χ2v) is 11.7. The molecule has 0 radical (unpaired) electrons. The van der Waals surface area contributed by atoms with Crippen molar-refractivity contribution in [3.63, 3.8) is 0 Å². The van der Waals surface area contributed by atoms with Gasteiger partial charge in [-0.05, 0) is 31.9 Å². The molecule has 1 aromatic carbocycles. The lowest BCUT2D eigenvalue weighted by Crippen LogP contribution is -2.47. The fraction of sp³-hybridized carbons (Fsp3) is 0.688. The van der Waals surface area contributed by atoms with Crippen molar-refractivity contribution in [3.8, 4) is 5.75 Å². The van der Waals surface area contributed by atoms with Crippen molar-refractivity contribution in [3.05, 3.63) is 33.9 Å². The number of ether oxygens (including phenoxy) is 1. The summed E-state index contributed by atoms with van der Waals surface area (Å²) in [6.07, 6.45) is 19.3. The molecule has 2 aliphatic rings. The van der Waals surface area contributed by atoms with Crippen LogP contribution in [0.15, 0.2) is 17.1 Å². The Kier molecular flexibility index (Phi) is 11.3. The molecule has 40 heavy (non-hydrogen) atoms. The Morgan fingerprint density at radius 1 is 0.950 bits per heavy atom. The SMILES string of the molecule is CCCCCCCCCCCCCCN1CCN(c2c(F)cc3c(=O)c(C(=O)O)cn(C4CC4)c3c2OC)CC1. The van der Waals surface area contributed by atoms with Crippen LogP contribution in [0.25, 0.3) is 10.9 Å². The Labute approximate surface area is 238 Å². The summed E-state index contributed by atoms with van der Waals surface area (Å²) in [7, 11) is 1.49. The van der Waals surface area contributed by atoms with Crippen molar-refractivity contribution in [2.24, 2.45) is 0 Å². The van der Waals surface area contributed by atoms with Gasteiger partial charge in [0.05, 0.1) is 18.0 Å². The summed E-state index contributed by atoms with van der Waals surface area (Å²) >= 11 is 0. The summed E-state index contributed by atoms with van der Waals surface area (Å²) in [6.45, 7) is 6.40. The summed E-state index contributed by atoms with van der Waals surface area (Å²) < 4.78 is 23.1. The number of piperazine rings is 1. The number of pyridine rings is 1. The monoisotopic (exact) mass is 557 g/mol. The smallest absolute Gasteiger partial charge is 0.341 e. The van der Waals surface area contributed by atoms with Gasteiger partial charge in [-0.1, -0.05) is 77.6 Å². The number of halogens is 1. The van der Waals surface area contributed by atoms with E-state index in [4.69, 9.17) is 4.74 Å². The van der Waals surface area contributed by atoms with Crippen LogP contribution in [0.4, 0.5) is 10.1 Å². The first-order chi connectivity index (χ1) is 19.5. The number of carboxylic acids is 1. The highest BCUT2D eigenvalue weighted by atomic mass is 19.1. The molecule has 1 N–H and O–H groups in total. The number of carboxylic acid groups (broad SMARTS) is 1. The first-order valence-corrected chi connectivity index (χ1v) is 15.6. The largest absolute Gasteiger partial charge is 0.492 e. The molecule has 0 unspecified atom stereocenters. The Morgan fingerprint density at radius 3 is 2.05 bits per heavy atom. The fourth-order valence-electron chi connectivity index (χ4n) is 6.10. The Bertz CT molecular complexity index is 1190. The van der Waals surface area contributed by atoms with E-state index in [2.05, 4.69) is 11.8 Å². The van der Waals surface area contributed by atoms with E-state index in [1.54, 1.807) is 0 Å². The number of aromatic nitrogens is 1. The molecule has 1 aromatic heterocycles. The molecule has 1 aliphatic carbocycles. The minimum atomic E-state index is -1.30. The van der Waals surface area contributed by atoms with Gasteiger partial charge in [0.2, 0.25) is 5.43 Å². The van der Waals surface area contributed by atoms with E-state index in [0.717, 1.165) is 32.5 Å². The summed E-state index contributed by atoms with van der Waals surface area (Å²) in [5.41, 5.74) is -0.136. The van der Waals surface area contributed by atoms with Gasteiger partial charge in [0.1, 0.15) is 11.3 Å². The topological polar surface area (TPSA) is 75.0 Å². The van der Waals surface area contributed by atoms with E-state index in [0.29, 0.717) is 30.0 Å². The number of carbonyl (C=O) groups is 1. The summed E-state index contributed by atoms with van der Waals surface area (Å²) in [4.78, 5) is 29.1. The van der Waals surface area contributed by atoms with Gasteiger partial charge in [-0.25, -0.2) is 9.18 Å². The second-order valence-electron chi connectivity index (χ2n) is 11.7. The van der Waals surface area contributed by atoms with Crippen molar-refractivity contribution in [1.82, 2.24) is 9.47 Å². The van der Waals surface area contributed by atoms with Crippen LogP contribution in [0.3, 0.4) is 0 Å². The van der Waals surface area contributed by atoms with E-state index in [1.807, 2.05) is 9.47 Å². The van der Waals surface area contributed by atoms with Crippen LogP contribution < -0.4 is 15.1 Å². The number of aromatic carboxylic acids is 1. The predicted octanol–water partition coefficient (Wildman–Crippen LogP) is 7.01. The van der Waals surface area contributed by atoms with Gasteiger partial charge in [0, 0.05) is 38.4 Å². The van der Waals surface area contributed by atoms with E-state index in [-0.39, 0.29) is 17.0 Å². The number of anilines is 1. The third-order valence-corrected chi connectivity index (χ3v) is 8.59. The normalized spacial score (nSPS) is 16.1. The Morgan fingerprint density at radius 2 is 1.52 bits per heavy atom. The minimum Gasteiger partial charge on any atom is -0.492 e. The van der Waals surface area contributed by atoms with E-state index in [9.17, 15) is 14.7 Å². The number of benzene rings is 1. The second kappa shape index (κ2) is 14.9. The lowest BCUT2D eigenvalue weighted by atomic mass is 10.1. The van der Waals surface area contributed by atoms with Crippen LogP contribution in [0.1, 0.15) is 113 Å². The molecule has 4 rings (SSSR count). The molecule has 8 heteroatoms. The molecule has 1 saturated heterocycles. The zero-order valence-corrected chi connectivity index (χ0v) is 24.6. The summed E-state index contributed by atoms with van der Waals surface area (Å²) in [5, 5.41) is 9.61. The number of methoxy groups -OCH3 is 1. The van der Waals surface area contributed by atoms with Crippen molar-refractivity contribution in [2.45, 2.75) is 103 Å². The van der Waals surface area contributed by atoms with Crippen molar-refractivity contribution in [2.75, 3.05) is 44.7 Å². The Hall–Kier alpha value is -2.61. The third-order valence-electron chi connectivity index (χ3n) is 8.59. The zero-order valence-electron chi connectivity index (χ0n) is 24.6. The molecule has 0 spiro atoms. The number of unbranched alkanes of at least 4 members (excludes halogenated alkanes) is 11. The Balaban J connectivity index is 1.29. The maximum absolute atomic E-state index is 15.5. The predicted molar refractivity (Wildman–Crippen MR) is 160 cm³/mol. The third kappa shape index (κ3) is 7.56. The van der Waals surface area contributed by atoms with Gasteiger partial charge >= 0.3 is 5.97 Å². The van der Waals surface area contributed by atoms with Crippen LogP contribution >= 0.6 is 0 Å². The van der Waals surface area contributed by atoms with Crippen molar-refractivity contribution in [1.29, 1.82) is 0 Å². The summed E-state index contributed by atoms with van der Waals surface area (Å²) in [5.74, 6) is -1.51. The van der Waals surface area contributed by atoms with E-state index >= 15 is 4.39 Å². The highest BCUT2D eigenvalue weighted by Gasteiger charge is 2.32. The molecule has 0 amide bonds. The molecule has 2 aromatic rings. The maximum atomic E-state index is 15.5. The first-order valence-electron chi connectivity index (χ1n) is 15.6. The number of hydrogen-bond donors (Lipinski definition) is 1. The molecule has 7 nitrogen and oxygen atoms in total. The van der Waals surface area contributed by atoms with Crippen LogP contribution in [0, 0.1) is 5.82 Å². The van der Waals surface area contributed by atoms with Gasteiger partial charge in [0.25, 0.3) is 0 Å². The molecule has 2 heterocycles. The molecule has 1 aliphatic heterocycles. The van der Waals surface area contributed by atoms with Crippen molar-refractivity contribution >= 4 is 22.6 Å². The maximum Gasteiger partial charge on any atom is 0.341 e. The van der Waals surface area contributed by atoms with Crippen LogP contribution in [0.2, 0.25) is 0 Å².